The molecule has 0 aromatic heterocycles. The van der Waals surface area contributed by atoms with Crippen LogP contribution in [0.2, 0.25) is 0 Å². The molecule has 0 fully saturated rings. The number of fused-ring (bicyclic) bond motifs is 1. The number of hydrogen-bond acceptors (Lipinski definition) is 2. The first kappa shape index (κ1) is 12.2. The van der Waals surface area contributed by atoms with E-state index in [0.717, 1.165) is 26.1 Å². The van der Waals surface area contributed by atoms with Gasteiger partial charge in [-0.3, -0.25) is 0 Å². The molecule has 2 rings (SSSR count). The number of rotatable bonds is 3. The van der Waals surface area contributed by atoms with Gasteiger partial charge in [-0.2, -0.15) is 0 Å². The maximum Gasteiger partial charge on any atom is 0.0415 e. The van der Waals surface area contributed by atoms with Gasteiger partial charge < -0.3 is 10.2 Å². The third kappa shape index (κ3) is 2.89. The molecule has 0 radical (unpaired) electrons. The van der Waals surface area contributed by atoms with E-state index in [4.69, 9.17) is 0 Å². The Balaban J connectivity index is 2.25. The van der Waals surface area contributed by atoms with Crippen molar-refractivity contribution < 1.29 is 0 Å². The second-order valence-corrected chi connectivity index (χ2v) is 4.89. The molecule has 0 amide bonds. The van der Waals surface area contributed by atoms with Gasteiger partial charge in [0.25, 0.3) is 0 Å². The van der Waals surface area contributed by atoms with Crippen molar-refractivity contribution in [3.63, 3.8) is 0 Å². The largest absolute Gasteiger partial charge is 0.366 e. The van der Waals surface area contributed by atoms with Crippen molar-refractivity contribution >= 4 is 5.69 Å². The zero-order valence-corrected chi connectivity index (χ0v) is 10.9. The predicted octanol–water partition coefficient (Wildman–Crippen LogP) is 2.95. The van der Waals surface area contributed by atoms with E-state index < -0.39 is 0 Å². The van der Waals surface area contributed by atoms with Gasteiger partial charge in [-0.1, -0.05) is 37.3 Å². The summed E-state index contributed by atoms with van der Waals surface area (Å²) in [6, 6.07) is 9.19. The number of nitrogens with zero attached hydrogens (tertiary/aromatic N) is 1. The van der Waals surface area contributed by atoms with Gasteiger partial charge in [0, 0.05) is 31.4 Å². The molecule has 1 unspecified atom stereocenters. The molecule has 1 aromatic carbocycles. The van der Waals surface area contributed by atoms with E-state index >= 15 is 0 Å². The van der Waals surface area contributed by atoms with Gasteiger partial charge in [-0.15, -0.1) is 0 Å². The van der Waals surface area contributed by atoms with E-state index in [0.29, 0.717) is 6.04 Å². The fraction of sp³-hybridized carbons (Fsp3) is 0.467. The highest BCUT2D eigenvalue weighted by Crippen LogP contribution is 2.24. The standard InChI is InChI=1S/C15H22N2/c1-4-12(2)10-17-11-13(3)16-9-14-7-5-6-8-15(14)17/h5-8,13,16H,2,4,9-11H2,1,3H3. The fourth-order valence-electron chi connectivity index (χ4n) is 2.28. The molecule has 1 N–H and O–H groups in total. The van der Waals surface area contributed by atoms with Crippen LogP contribution in [-0.2, 0) is 6.54 Å². The first-order valence-electron chi connectivity index (χ1n) is 6.43. The summed E-state index contributed by atoms with van der Waals surface area (Å²) in [6.07, 6.45) is 1.06. The number of para-hydroxylation sites is 1. The molecule has 0 spiro atoms. The summed E-state index contributed by atoms with van der Waals surface area (Å²) >= 11 is 0. The Morgan fingerprint density at radius 2 is 2.24 bits per heavy atom. The van der Waals surface area contributed by atoms with Gasteiger partial charge in [0.2, 0.25) is 0 Å². The van der Waals surface area contributed by atoms with Crippen LogP contribution in [0.3, 0.4) is 0 Å². The van der Waals surface area contributed by atoms with Crippen molar-refractivity contribution in [2.24, 2.45) is 0 Å². The topological polar surface area (TPSA) is 15.3 Å². The Labute approximate surface area is 104 Å². The molecule has 92 valence electrons. The van der Waals surface area contributed by atoms with E-state index in [-0.39, 0.29) is 0 Å². The Morgan fingerprint density at radius 1 is 1.47 bits per heavy atom. The van der Waals surface area contributed by atoms with Crippen LogP contribution in [0.15, 0.2) is 36.4 Å². The zero-order chi connectivity index (χ0) is 12.3. The molecule has 0 aliphatic carbocycles. The molecular formula is C15H22N2. The second-order valence-electron chi connectivity index (χ2n) is 4.89. The summed E-state index contributed by atoms with van der Waals surface area (Å²) in [4.78, 5) is 2.45. The summed E-state index contributed by atoms with van der Waals surface area (Å²) in [5.74, 6) is 0. The summed E-state index contributed by atoms with van der Waals surface area (Å²) in [6.45, 7) is 11.5. The van der Waals surface area contributed by atoms with E-state index in [2.05, 4.69) is 54.9 Å². The zero-order valence-electron chi connectivity index (χ0n) is 10.9. The van der Waals surface area contributed by atoms with Gasteiger partial charge >= 0.3 is 0 Å². The van der Waals surface area contributed by atoms with Crippen LogP contribution >= 0.6 is 0 Å². The van der Waals surface area contributed by atoms with Gasteiger partial charge in [0.1, 0.15) is 0 Å². The van der Waals surface area contributed by atoms with Crippen LogP contribution in [0.4, 0.5) is 5.69 Å². The lowest BCUT2D eigenvalue weighted by molar-refractivity contribution is 0.557. The van der Waals surface area contributed by atoms with E-state index in [1.807, 2.05) is 0 Å². The van der Waals surface area contributed by atoms with Gasteiger partial charge in [-0.25, -0.2) is 0 Å². The van der Waals surface area contributed by atoms with Gasteiger partial charge in [0.05, 0.1) is 0 Å². The van der Waals surface area contributed by atoms with Crippen LogP contribution in [0.1, 0.15) is 25.8 Å². The van der Waals surface area contributed by atoms with Gasteiger partial charge in [-0.05, 0) is 25.0 Å². The normalized spacial score (nSPS) is 19.6. The number of nitrogens with one attached hydrogen (secondary N) is 1. The Morgan fingerprint density at radius 3 is 3.00 bits per heavy atom. The molecule has 1 aliphatic rings. The van der Waals surface area contributed by atoms with E-state index in [1.165, 1.54) is 16.8 Å². The average Bonchev–Trinajstić information content (AvgIpc) is 2.50. The van der Waals surface area contributed by atoms with E-state index in [9.17, 15) is 0 Å². The van der Waals surface area contributed by atoms with Crippen molar-refractivity contribution in [2.45, 2.75) is 32.9 Å². The number of hydrogen-bond donors (Lipinski definition) is 1. The van der Waals surface area contributed by atoms with Crippen LogP contribution in [0, 0.1) is 0 Å². The molecule has 0 saturated carbocycles. The van der Waals surface area contributed by atoms with Crippen molar-refractivity contribution in [3.05, 3.63) is 42.0 Å². The quantitative estimate of drug-likeness (QED) is 0.803. The third-order valence-electron chi connectivity index (χ3n) is 3.38. The van der Waals surface area contributed by atoms with Crippen LogP contribution < -0.4 is 10.2 Å². The minimum Gasteiger partial charge on any atom is -0.366 e. The molecule has 1 aromatic rings. The molecule has 0 bridgehead atoms. The lowest BCUT2D eigenvalue weighted by atomic mass is 10.1. The van der Waals surface area contributed by atoms with Crippen LogP contribution in [-0.4, -0.2) is 19.1 Å². The van der Waals surface area contributed by atoms with Crippen molar-refractivity contribution in [1.82, 2.24) is 5.32 Å². The summed E-state index contributed by atoms with van der Waals surface area (Å²) in [5.41, 5.74) is 4.05. The van der Waals surface area contributed by atoms with Crippen molar-refractivity contribution in [2.75, 3.05) is 18.0 Å². The second kappa shape index (κ2) is 5.37. The maximum atomic E-state index is 4.13. The monoisotopic (exact) mass is 230 g/mol. The Bertz CT molecular complexity index is 398. The molecule has 1 aliphatic heterocycles. The highest BCUT2D eigenvalue weighted by Gasteiger charge is 2.18. The number of benzene rings is 1. The Kier molecular flexibility index (Phi) is 3.85. The van der Waals surface area contributed by atoms with E-state index in [1.54, 1.807) is 0 Å². The highest BCUT2D eigenvalue weighted by atomic mass is 15.2. The SMILES string of the molecule is C=C(CC)CN1CC(C)NCc2ccccc21. The fourth-order valence-corrected chi connectivity index (χ4v) is 2.28. The lowest BCUT2D eigenvalue weighted by Crippen LogP contribution is -2.36. The van der Waals surface area contributed by atoms with Crippen LogP contribution in [0.5, 0.6) is 0 Å². The first-order valence-corrected chi connectivity index (χ1v) is 6.43. The molecule has 2 heteroatoms. The molecular weight excluding hydrogens is 208 g/mol. The minimum absolute atomic E-state index is 0.520. The van der Waals surface area contributed by atoms with Crippen molar-refractivity contribution in [1.29, 1.82) is 0 Å². The highest BCUT2D eigenvalue weighted by molar-refractivity contribution is 5.55. The van der Waals surface area contributed by atoms with Crippen LogP contribution in [0.25, 0.3) is 0 Å². The van der Waals surface area contributed by atoms with Crippen molar-refractivity contribution in [3.8, 4) is 0 Å². The average molecular weight is 230 g/mol. The first-order chi connectivity index (χ1) is 8.20. The smallest absolute Gasteiger partial charge is 0.0415 e. The minimum atomic E-state index is 0.520. The molecule has 2 nitrogen and oxygen atoms in total. The molecule has 17 heavy (non-hydrogen) atoms. The molecule has 1 atom stereocenters. The van der Waals surface area contributed by atoms with Gasteiger partial charge in [0.15, 0.2) is 0 Å². The third-order valence-corrected chi connectivity index (χ3v) is 3.38. The summed E-state index contributed by atoms with van der Waals surface area (Å²) in [5, 5.41) is 3.55. The summed E-state index contributed by atoms with van der Waals surface area (Å²) < 4.78 is 0. The Hall–Kier alpha value is -1.28. The summed E-state index contributed by atoms with van der Waals surface area (Å²) in [7, 11) is 0. The maximum absolute atomic E-state index is 4.13. The number of anilines is 1. The predicted molar refractivity (Wildman–Crippen MR) is 74.4 cm³/mol. The molecule has 0 saturated heterocycles. The lowest BCUT2D eigenvalue weighted by Gasteiger charge is -2.27. The molecule has 1 heterocycles.